The van der Waals surface area contributed by atoms with Gasteiger partial charge in [0, 0.05) is 50.5 Å². The fourth-order valence-corrected chi connectivity index (χ4v) is 3.89. The lowest BCUT2D eigenvalue weighted by atomic mass is 10.1. The number of hydrogen-bond donors (Lipinski definition) is 0. The van der Waals surface area contributed by atoms with Crippen LogP contribution in [0.4, 0.5) is 0 Å². The number of esters is 1. The van der Waals surface area contributed by atoms with Crippen LogP contribution in [0.2, 0.25) is 0 Å². The van der Waals surface area contributed by atoms with Crippen LogP contribution in [0.1, 0.15) is 30.1 Å². The molecule has 0 spiro atoms. The van der Waals surface area contributed by atoms with Crippen LogP contribution in [0.3, 0.4) is 0 Å². The summed E-state index contributed by atoms with van der Waals surface area (Å²) >= 11 is 0. The fraction of sp³-hybridized carbons (Fsp3) is 0.320. The highest BCUT2D eigenvalue weighted by Crippen LogP contribution is 2.38. The molecule has 33 heavy (non-hydrogen) atoms. The van der Waals surface area contributed by atoms with Crippen molar-refractivity contribution in [2.45, 2.75) is 25.9 Å². The molecule has 1 amide bonds. The van der Waals surface area contributed by atoms with Crippen molar-refractivity contribution in [3.05, 3.63) is 54.2 Å². The average Bonchev–Trinajstić information content (AvgIpc) is 2.84. The fourth-order valence-electron chi connectivity index (χ4n) is 3.89. The van der Waals surface area contributed by atoms with E-state index in [4.69, 9.17) is 18.9 Å². The minimum Gasteiger partial charge on any atom is -0.493 e. The first-order chi connectivity index (χ1) is 16.0. The number of carbonyl (C=O) groups excluding carboxylic acids is 2. The van der Waals surface area contributed by atoms with Gasteiger partial charge in [-0.25, -0.2) is 4.79 Å². The zero-order chi connectivity index (χ0) is 23.4. The van der Waals surface area contributed by atoms with E-state index in [0.717, 1.165) is 12.8 Å². The summed E-state index contributed by atoms with van der Waals surface area (Å²) in [6, 6.07) is 12.3. The normalized spacial score (nSPS) is 14.1. The maximum Gasteiger partial charge on any atom is 0.341 e. The molecule has 1 aliphatic heterocycles. The Balaban J connectivity index is 1.62. The number of fused-ring (bicyclic) bond motifs is 1. The Bertz CT molecular complexity index is 1170. The summed E-state index contributed by atoms with van der Waals surface area (Å²) in [5, 5.41) is 0.716. The molecule has 2 heterocycles. The molecule has 1 fully saturated rings. The second-order valence-corrected chi connectivity index (χ2v) is 7.74. The van der Waals surface area contributed by atoms with E-state index >= 15 is 0 Å². The van der Waals surface area contributed by atoms with Crippen LogP contribution in [0.25, 0.3) is 10.9 Å². The molecule has 0 atom stereocenters. The lowest BCUT2D eigenvalue weighted by molar-refractivity contribution is -0.130. The van der Waals surface area contributed by atoms with E-state index in [9.17, 15) is 9.59 Å². The second-order valence-electron chi connectivity index (χ2n) is 7.74. The van der Waals surface area contributed by atoms with E-state index in [1.807, 2.05) is 17.0 Å². The Labute approximate surface area is 192 Å². The standard InChI is InChI=1S/C25H26N2O6/c1-16(28)27-12-9-17(10-13-27)32-24-15-20-19(14-23(24)30-2)22(8-11-26-20)33-21-7-5-4-6-18(21)25(29)31-3/h4-8,11,14-15,17H,9-10,12-13H2,1-3H3. The molecule has 1 saturated heterocycles. The molecule has 0 N–H and O–H groups in total. The molecule has 1 aliphatic rings. The van der Waals surface area contributed by atoms with Crippen molar-refractivity contribution in [2.75, 3.05) is 27.3 Å². The number of nitrogens with zero attached hydrogens (tertiary/aromatic N) is 2. The van der Waals surface area contributed by atoms with Crippen molar-refractivity contribution < 1.29 is 28.5 Å². The predicted molar refractivity (Wildman–Crippen MR) is 122 cm³/mol. The number of likely N-dealkylation sites (tertiary alicyclic amines) is 1. The molecule has 8 nitrogen and oxygen atoms in total. The lowest BCUT2D eigenvalue weighted by Gasteiger charge is -2.31. The molecule has 172 valence electrons. The third-order valence-corrected chi connectivity index (χ3v) is 5.68. The SMILES string of the molecule is COC(=O)c1ccccc1Oc1ccnc2cc(OC3CCN(C(C)=O)CC3)c(OC)cc12. The van der Waals surface area contributed by atoms with E-state index in [1.165, 1.54) is 7.11 Å². The van der Waals surface area contributed by atoms with Crippen molar-refractivity contribution in [3.63, 3.8) is 0 Å². The summed E-state index contributed by atoms with van der Waals surface area (Å²) in [5.74, 6) is 1.65. The Morgan fingerprint density at radius 2 is 1.73 bits per heavy atom. The number of rotatable bonds is 6. The third-order valence-electron chi connectivity index (χ3n) is 5.68. The van der Waals surface area contributed by atoms with E-state index in [0.29, 0.717) is 52.6 Å². The molecule has 3 aromatic rings. The maximum absolute atomic E-state index is 12.1. The Morgan fingerprint density at radius 1 is 0.970 bits per heavy atom. The quantitative estimate of drug-likeness (QED) is 0.520. The number of methoxy groups -OCH3 is 2. The average molecular weight is 450 g/mol. The first-order valence-electron chi connectivity index (χ1n) is 10.7. The van der Waals surface area contributed by atoms with E-state index in [-0.39, 0.29) is 12.0 Å². The number of carbonyl (C=O) groups is 2. The van der Waals surface area contributed by atoms with E-state index < -0.39 is 5.97 Å². The Hall–Kier alpha value is -3.81. The summed E-state index contributed by atoms with van der Waals surface area (Å²) in [6.45, 7) is 2.93. The van der Waals surface area contributed by atoms with Gasteiger partial charge in [0.25, 0.3) is 0 Å². The zero-order valence-corrected chi connectivity index (χ0v) is 18.9. The highest BCUT2D eigenvalue weighted by molar-refractivity contribution is 5.93. The molecule has 0 unspecified atom stereocenters. The van der Waals surface area contributed by atoms with Gasteiger partial charge in [0.05, 0.1) is 19.7 Å². The molecule has 8 heteroatoms. The zero-order valence-electron chi connectivity index (χ0n) is 18.9. The number of aromatic nitrogens is 1. The van der Waals surface area contributed by atoms with Gasteiger partial charge < -0.3 is 23.8 Å². The van der Waals surface area contributed by atoms with Crippen LogP contribution in [-0.2, 0) is 9.53 Å². The van der Waals surface area contributed by atoms with Crippen molar-refractivity contribution in [3.8, 4) is 23.0 Å². The van der Waals surface area contributed by atoms with Gasteiger partial charge in [-0.15, -0.1) is 0 Å². The largest absolute Gasteiger partial charge is 0.493 e. The van der Waals surface area contributed by atoms with Crippen LogP contribution in [0.5, 0.6) is 23.0 Å². The van der Waals surface area contributed by atoms with Gasteiger partial charge in [0.2, 0.25) is 5.91 Å². The topological polar surface area (TPSA) is 87.2 Å². The predicted octanol–water partition coefficient (Wildman–Crippen LogP) is 4.21. The minimum absolute atomic E-state index is 0.0154. The van der Waals surface area contributed by atoms with E-state index in [2.05, 4.69) is 4.98 Å². The third kappa shape index (κ3) is 4.84. The number of hydrogen-bond acceptors (Lipinski definition) is 7. The molecule has 4 rings (SSSR count). The number of para-hydroxylation sites is 1. The summed E-state index contributed by atoms with van der Waals surface area (Å²) < 4.78 is 22.8. The molecular formula is C25H26N2O6. The van der Waals surface area contributed by atoms with Gasteiger partial charge in [-0.1, -0.05) is 12.1 Å². The van der Waals surface area contributed by atoms with Crippen molar-refractivity contribution in [2.24, 2.45) is 0 Å². The molecule has 0 bridgehead atoms. The van der Waals surface area contributed by atoms with Crippen LogP contribution < -0.4 is 14.2 Å². The lowest BCUT2D eigenvalue weighted by Crippen LogP contribution is -2.40. The number of benzene rings is 2. The molecular weight excluding hydrogens is 424 g/mol. The molecule has 0 radical (unpaired) electrons. The van der Waals surface area contributed by atoms with Crippen molar-refractivity contribution in [1.29, 1.82) is 0 Å². The van der Waals surface area contributed by atoms with Crippen LogP contribution in [-0.4, -0.2) is 55.2 Å². The van der Waals surface area contributed by atoms with Gasteiger partial charge in [0.15, 0.2) is 11.5 Å². The monoisotopic (exact) mass is 450 g/mol. The van der Waals surface area contributed by atoms with Gasteiger partial charge in [-0.2, -0.15) is 0 Å². The highest BCUT2D eigenvalue weighted by Gasteiger charge is 2.24. The Morgan fingerprint density at radius 3 is 2.42 bits per heavy atom. The Kier molecular flexibility index (Phi) is 6.63. The number of pyridine rings is 1. The van der Waals surface area contributed by atoms with E-state index in [1.54, 1.807) is 50.6 Å². The molecule has 0 aliphatic carbocycles. The molecule has 2 aromatic carbocycles. The van der Waals surface area contributed by atoms with Gasteiger partial charge in [0.1, 0.15) is 23.2 Å². The first-order valence-corrected chi connectivity index (χ1v) is 10.7. The summed E-state index contributed by atoms with van der Waals surface area (Å²) in [6.07, 6.45) is 3.13. The molecule has 1 aromatic heterocycles. The first kappa shape index (κ1) is 22.4. The minimum atomic E-state index is -0.479. The summed E-state index contributed by atoms with van der Waals surface area (Å²) in [5.41, 5.74) is 0.994. The number of piperidine rings is 1. The maximum atomic E-state index is 12.1. The van der Waals surface area contributed by atoms with Crippen LogP contribution in [0, 0.1) is 0 Å². The number of ether oxygens (including phenoxy) is 4. The smallest absolute Gasteiger partial charge is 0.341 e. The molecule has 0 saturated carbocycles. The van der Waals surface area contributed by atoms with Gasteiger partial charge in [-0.05, 0) is 24.3 Å². The van der Waals surface area contributed by atoms with Crippen molar-refractivity contribution in [1.82, 2.24) is 9.88 Å². The summed E-state index contributed by atoms with van der Waals surface area (Å²) in [7, 11) is 2.91. The van der Waals surface area contributed by atoms with Crippen molar-refractivity contribution >= 4 is 22.8 Å². The van der Waals surface area contributed by atoms with Gasteiger partial charge in [-0.3, -0.25) is 9.78 Å². The van der Waals surface area contributed by atoms with Gasteiger partial charge >= 0.3 is 5.97 Å². The van der Waals surface area contributed by atoms with Crippen LogP contribution in [0.15, 0.2) is 48.7 Å². The second kappa shape index (κ2) is 9.77. The summed E-state index contributed by atoms with van der Waals surface area (Å²) in [4.78, 5) is 30.0. The highest BCUT2D eigenvalue weighted by atomic mass is 16.5. The number of amides is 1. The van der Waals surface area contributed by atoms with Crippen LogP contribution >= 0.6 is 0 Å².